The molecule has 0 heterocycles. The Morgan fingerprint density at radius 2 is 1.20 bits per heavy atom. The van der Waals surface area contributed by atoms with Gasteiger partial charge >= 0.3 is 0 Å². The van der Waals surface area contributed by atoms with Crippen LogP contribution in [0.25, 0.3) is 0 Å². The maximum absolute atomic E-state index is 2.52. The van der Waals surface area contributed by atoms with Gasteiger partial charge in [0.2, 0.25) is 0 Å². The summed E-state index contributed by atoms with van der Waals surface area (Å²) in [6.45, 7) is 5.05. The molecular weight excluding hydrogens is 180 g/mol. The first-order valence-electron chi connectivity index (χ1n) is 7.14. The standard InChI is InChI=1S/C15H24/c1-15(2)7-11-6-12(8-15)14-10-4-3-9(5-10)13(11)14/h9-14H,3-8H2,1-2H3. The highest BCUT2D eigenvalue weighted by Crippen LogP contribution is 2.68. The van der Waals surface area contributed by atoms with Crippen molar-refractivity contribution in [2.24, 2.45) is 40.9 Å². The molecule has 0 aromatic rings. The van der Waals surface area contributed by atoms with Crippen molar-refractivity contribution in [3.05, 3.63) is 0 Å². The second kappa shape index (κ2) is 2.63. The van der Waals surface area contributed by atoms with Crippen molar-refractivity contribution in [2.45, 2.75) is 52.4 Å². The summed E-state index contributed by atoms with van der Waals surface area (Å²) in [7, 11) is 0. The van der Waals surface area contributed by atoms with Crippen molar-refractivity contribution in [1.29, 1.82) is 0 Å². The molecular formula is C15H24. The summed E-state index contributed by atoms with van der Waals surface area (Å²) in [4.78, 5) is 0. The van der Waals surface area contributed by atoms with Gasteiger partial charge in [0.1, 0.15) is 0 Å². The highest BCUT2D eigenvalue weighted by Gasteiger charge is 2.60. The summed E-state index contributed by atoms with van der Waals surface area (Å²) in [6.07, 6.45) is 9.53. The van der Waals surface area contributed by atoms with Crippen LogP contribution in [0.5, 0.6) is 0 Å². The molecule has 0 saturated heterocycles. The maximum atomic E-state index is 2.52. The van der Waals surface area contributed by atoms with Crippen LogP contribution < -0.4 is 0 Å². The lowest BCUT2D eigenvalue weighted by molar-refractivity contribution is 0.145. The summed E-state index contributed by atoms with van der Waals surface area (Å²) in [5.41, 5.74) is 0.678. The summed E-state index contributed by atoms with van der Waals surface area (Å²) in [5, 5.41) is 0. The topological polar surface area (TPSA) is 0 Å². The molecule has 6 atom stereocenters. The first-order chi connectivity index (χ1) is 7.14. The van der Waals surface area contributed by atoms with Gasteiger partial charge in [0.15, 0.2) is 0 Å². The van der Waals surface area contributed by atoms with Gasteiger partial charge < -0.3 is 0 Å². The van der Waals surface area contributed by atoms with Crippen LogP contribution in [0.4, 0.5) is 0 Å². The summed E-state index contributed by atoms with van der Waals surface area (Å²) in [5.74, 6) is 7.00. The fourth-order valence-corrected chi connectivity index (χ4v) is 6.42. The molecule has 4 aliphatic rings. The molecule has 0 heteroatoms. The first kappa shape index (κ1) is 9.07. The van der Waals surface area contributed by atoms with E-state index in [2.05, 4.69) is 13.8 Å². The van der Waals surface area contributed by atoms with E-state index in [1.165, 1.54) is 23.7 Å². The molecule has 0 N–H and O–H groups in total. The van der Waals surface area contributed by atoms with Gasteiger partial charge in [-0.2, -0.15) is 0 Å². The SMILES string of the molecule is CC1(C)CC2CC(C1)C1C3CCC(C3)C21. The van der Waals surface area contributed by atoms with E-state index in [0.717, 1.165) is 11.8 Å². The lowest BCUT2D eigenvalue weighted by Crippen LogP contribution is -2.26. The molecule has 0 radical (unpaired) electrons. The monoisotopic (exact) mass is 204 g/mol. The molecule has 4 bridgehead atoms. The Morgan fingerprint density at radius 1 is 0.733 bits per heavy atom. The van der Waals surface area contributed by atoms with Crippen LogP contribution in [-0.4, -0.2) is 0 Å². The molecule has 4 saturated carbocycles. The van der Waals surface area contributed by atoms with E-state index >= 15 is 0 Å². The first-order valence-corrected chi connectivity index (χ1v) is 7.14. The zero-order valence-electron chi connectivity index (χ0n) is 10.2. The molecule has 15 heavy (non-hydrogen) atoms. The van der Waals surface area contributed by atoms with Gasteiger partial charge in [0.25, 0.3) is 0 Å². The van der Waals surface area contributed by atoms with Gasteiger partial charge in [-0.1, -0.05) is 13.8 Å². The molecule has 0 spiro atoms. The minimum atomic E-state index is 0.678. The third-order valence-corrected chi connectivity index (χ3v) is 6.37. The number of hydrogen-bond acceptors (Lipinski definition) is 0. The highest BCUT2D eigenvalue weighted by atomic mass is 14.6. The molecule has 0 aliphatic heterocycles. The van der Waals surface area contributed by atoms with Crippen LogP contribution in [-0.2, 0) is 0 Å². The third kappa shape index (κ3) is 1.09. The Hall–Kier alpha value is 0. The second-order valence-electron chi connectivity index (χ2n) is 7.82. The van der Waals surface area contributed by atoms with E-state index in [4.69, 9.17) is 0 Å². The van der Waals surface area contributed by atoms with E-state index in [1.807, 2.05) is 0 Å². The van der Waals surface area contributed by atoms with Crippen LogP contribution in [0.3, 0.4) is 0 Å². The van der Waals surface area contributed by atoms with Crippen LogP contribution in [0, 0.1) is 40.9 Å². The van der Waals surface area contributed by atoms with Crippen molar-refractivity contribution in [1.82, 2.24) is 0 Å². The van der Waals surface area contributed by atoms with E-state index in [0.29, 0.717) is 5.41 Å². The molecule has 4 rings (SSSR count). The van der Waals surface area contributed by atoms with Crippen LogP contribution in [0.1, 0.15) is 52.4 Å². The fraction of sp³-hybridized carbons (Fsp3) is 1.00. The molecule has 6 unspecified atom stereocenters. The molecule has 4 aliphatic carbocycles. The van der Waals surface area contributed by atoms with Crippen molar-refractivity contribution >= 4 is 0 Å². The average molecular weight is 204 g/mol. The fourth-order valence-electron chi connectivity index (χ4n) is 6.42. The Labute approximate surface area is 93.8 Å². The van der Waals surface area contributed by atoms with Crippen molar-refractivity contribution in [3.63, 3.8) is 0 Å². The Morgan fingerprint density at radius 3 is 1.73 bits per heavy atom. The van der Waals surface area contributed by atoms with Crippen LogP contribution in [0.15, 0.2) is 0 Å². The summed E-state index contributed by atoms with van der Waals surface area (Å²) in [6, 6.07) is 0. The van der Waals surface area contributed by atoms with Crippen LogP contribution >= 0.6 is 0 Å². The lowest BCUT2D eigenvalue weighted by atomic mass is 9.69. The number of hydrogen-bond donors (Lipinski definition) is 0. The summed E-state index contributed by atoms with van der Waals surface area (Å²) < 4.78 is 0. The second-order valence-corrected chi connectivity index (χ2v) is 7.82. The van der Waals surface area contributed by atoms with E-state index < -0.39 is 0 Å². The molecule has 4 fully saturated rings. The minimum absolute atomic E-state index is 0.678. The lowest BCUT2D eigenvalue weighted by Gasteiger charge is -2.36. The molecule has 0 nitrogen and oxygen atoms in total. The minimum Gasteiger partial charge on any atom is -0.0599 e. The smallest absolute Gasteiger partial charge is 0.0323 e. The third-order valence-electron chi connectivity index (χ3n) is 6.37. The largest absolute Gasteiger partial charge is 0.0599 e. The van der Waals surface area contributed by atoms with Crippen molar-refractivity contribution in [2.75, 3.05) is 0 Å². The number of fused-ring (bicyclic) bond motifs is 9. The zero-order chi connectivity index (χ0) is 10.2. The van der Waals surface area contributed by atoms with Gasteiger partial charge in [0, 0.05) is 0 Å². The Balaban J connectivity index is 1.70. The van der Waals surface area contributed by atoms with Gasteiger partial charge in [-0.3, -0.25) is 0 Å². The Kier molecular flexibility index (Phi) is 1.59. The molecule has 0 amide bonds. The van der Waals surface area contributed by atoms with Gasteiger partial charge in [-0.05, 0) is 79.4 Å². The Bertz CT molecular complexity index is 264. The van der Waals surface area contributed by atoms with Crippen molar-refractivity contribution < 1.29 is 0 Å². The molecule has 0 aromatic carbocycles. The van der Waals surface area contributed by atoms with Crippen LogP contribution in [0.2, 0.25) is 0 Å². The van der Waals surface area contributed by atoms with E-state index in [1.54, 1.807) is 38.5 Å². The molecule has 0 aromatic heterocycles. The van der Waals surface area contributed by atoms with Crippen molar-refractivity contribution in [3.8, 4) is 0 Å². The zero-order valence-corrected chi connectivity index (χ0v) is 10.2. The van der Waals surface area contributed by atoms with E-state index in [9.17, 15) is 0 Å². The maximum Gasteiger partial charge on any atom is -0.0323 e. The highest BCUT2D eigenvalue weighted by molar-refractivity contribution is 5.09. The summed E-state index contributed by atoms with van der Waals surface area (Å²) >= 11 is 0. The normalized spacial score (nSPS) is 59.6. The van der Waals surface area contributed by atoms with E-state index in [-0.39, 0.29) is 0 Å². The quantitative estimate of drug-likeness (QED) is 0.521. The van der Waals surface area contributed by atoms with Gasteiger partial charge in [-0.15, -0.1) is 0 Å². The van der Waals surface area contributed by atoms with Gasteiger partial charge in [-0.25, -0.2) is 0 Å². The number of rotatable bonds is 0. The predicted molar refractivity (Wildman–Crippen MR) is 62.4 cm³/mol. The predicted octanol–water partition coefficient (Wildman–Crippen LogP) is 4.10. The van der Waals surface area contributed by atoms with Gasteiger partial charge in [0.05, 0.1) is 0 Å². The average Bonchev–Trinajstić information content (AvgIpc) is 2.77. The molecule has 84 valence electrons.